The van der Waals surface area contributed by atoms with E-state index >= 15 is 0 Å². The molecule has 3 N–H and O–H groups in total. The third kappa shape index (κ3) is 6.15. The quantitative estimate of drug-likeness (QED) is 0.650. The van der Waals surface area contributed by atoms with Gasteiger partial charge < -0.3 is 10.8 Å². The average molecular weight is 205 g/mol. The van der Waals surface area contributed by atoms with Gasteiger partial charge in [0.2, 0.25) is 5.91 Å². The molecule has 1 atom stereocenters. The van der Waals surface area contributed by atoms with E-state index in [9.17, 15) is 14.4 Å². The van der Waals surface area contributed by atoms with E-state index in [1.165, 1.54) is 6.92 Å². The fourth-order valence-electron chi connectivity index (χ4n) is 0.678. The molecule has 13 heavy (non-hydrogen) atoms. The van der Waals surface area contributed by atoms with Gasteiger partial charge in [0.25, 0.3) is 0 Å². The van der Waals surface area contributed by atoms with E-state index < -0.39 is 17.8 Å². The highest BCUT2D eigenvalue weighted by Gasteiger charge is 2.20. The first-order valence-electron chi connectivity index (χ1n) is 3.58. The van der Waals surface area contributed by atoms with Gasteiger partial charge in [-0.05, 0) is 0 Å². The zero-order valence-corrected chi connectivity index (χ0v) is 7.97. The molecule has 0 rings (SSSR count). The molecule has 0 aromatic carbocycles. The van der Waals surface area contributed by atoms with Crippen molar-refractivity contribution in [2.45, 2.75) is 13.3 Å². The van der Waals surface area contributed by atoms with Crippen LogP contribution < -0.4 is 5.73 Å². The first-order valence-corrected chi connectivity index (χ1v) is 4.56. The maximum absolute atomic E-state index is 10.5. The maximum atomic E-state index is 10.5. The van der Waals surface area contributed by atoms with Crippen LogP contribution >= 0.6 is 11.8 Å². The third-order valence-corrected chi connectivity index (χ3v) is 2.26. The number of hydrogen-bond donors (Lipinski definition) is 2. The van der Waals surface area contributed by atoms with Gasteiger partial charge in [-0.1, -0.05) is 11.8 Å². The highest BCUT2D eigenvalue weighted by atomic mass is 32.2. The van der Waals surface area contributed by atoms with Crippen LogP contribution in [0, 0.1) is 5.92 Å². The minimum absolute atomic E-state index is 0.0909. The topological polar surface area (TPSA) is 97.5 Å². The maximum Gasteiger partial charge on any atom is 0.307 e. The Morgan fingerprint density at radius 2 is 2.00 bits per heavy atom. The smallest absolute Gasteiger partial charge is 0.307 e. The molecule has 0 spiro atoms. The lowest BCUT2D eigenvalue weighted by molar-refractivity contribution is -0.142. The van der Waals surface area contributed by atoms with Crippen LogP contribution in [0.15, 0.2) is 0 Å². The monoisotopic (exact) mass is 205 g/mol. The summed E-state index contributed by atoms with van der Waals surface area (Å²) < 4.78 is 0. The Morgan fingerprint density at radius 1 is 1.46 bits per heavy atom. The molecule has 0 aliphatic heterocycles. The van der Waals surface area contributed by atoms with E-state index in [1.807, 2.05) is 0 Å². The van der Waals surface area contributed by atoms with Crippen LogP contribution in [-0.4, -0.2) is 27.9 Å². The van der Waals surface area contributed by atoms with E-state index in [1.54, 1.807) is 0 Å². The number of thioether (sulfide) groups is 1. The van der Waals surface area contributed by atoms with E-state index in [0.29, 0.717) is 0 Å². The normalized spacial score (nSPS) is 12.1. The molecule has 0 aromatic heterocycles. The summed E-state index contributed by atoms with van der Waals surface area (Å²) in [5.74, 6) is -2.55. The number of primary amides is 1. The second kappa shape index (κ2) is 5.58. The lowest BCUT2D eigenvalue weighted by atomic mass is 10.1. The summed E-state index contributed by atoms with van der Waals surface area (Å²) in [5.41, 5.74) is 4.84. The summed E-state index contributed by atoms with van der Waals surface area (Å²) in [6, 6.07) is 0. The first-order chi connectivity index (χ1) is 5.93. The van der Waals surface area contributed by atoms with Gasteiger partial charge >= 0.3 is 5.97 Å². The van der Waals surface area contributed by atoms with Crippen molar-refractivity contribution in [1.82, 2.24) is 0 Å². The molecule has 0 saturated heterocycles. The lowest BCUT2D eigenvalue weighted by Gasteiger charge is -2.07. The Bertz CT molecular complexity index is 229. The van der Waals surface area contributed by atoms with Gasteiger partial charge in [0.1, 0.15) is 0 Å². The minimum Gasteiger partial charge on any atom is -0.481 e. The van der Waals surface area contributed by atoms with Crippen molar-refractivity contribution in [3.05, 3.63) is 0 Å². The van der Waals surface area contributed by atoms with E-state index in [0.717, 1.165) is 11.8 Å². The van der Waals surface area contributed by atoms with Crippen LogP contribution in [0.2, 0.25) is 0 Å². The Labute approximate surface area is 79.7 Å². The highest BCUT2D eigenvalue weighted by Crippen LogP contribution is 2.12. The number of carbonyl (C=O) groups is 3. The molecule has 1 amide bonds. The highest BCUT2D eigenvalue weighted by molar-refractivity contribution is 8.13. The molecule has 0 fully saturated rings. The fourth-order valence-corrected chi connectivity index (χ4v) is 1.37. The van der Waals surface area contributed by atoms with Gasteiger partial charge in [-0.2, -0.15) is 0 Å². The number of hydrogen-bond acceptors (Lipinski definition) is 4. The largest absolute Gasteiger partial charge is 0.481 e. The SMILES string of the molecule is CC(=O)SCC(CC(N)=O)C(=O)O. The molecular formula is C7H11NO4S. The first kappa shape index (κ1) is 12.0. The predicted molar refractivity (Wildman–Crippen MR) is 48.1 cm³/mol. The Balaban J connectivity index is 4.02. The minimum atomic E-state index is -1.10. The summed E-state index contributed by atoms with van der Waals surface area (Å²) in [6.45, 7) is 1.34. The molecule has 74 valence electrons. The third-order valence-electron chi connectivity index (χ3n) is 1.28. The number of nitrogens with two attached hydrogens (primary N) is 1. The van der Waals surface area contributed by atoms with Crippen LogP contribution in [0.1, 0.15) is 13.3 Å². The van der Waals surface area contributed by atoms with Crippen LogP contribution in [0.25, 0.3) is 0 Å². The second-order valence-electron chi connectivity index (χ2n) is 2.51. The summed E-state index contributed by atoms with van der Waals surface area (Å²) in [7, 11) is 0. The number of amides is 1. The van der Waals surface area contributed by atoms with Crippen molar-refractivity contribution in [3.63, 3.8) is 0 Å². The van der Waals surface area contributed by atoms with Crippen LogP contribution in [0.3, 0.4) is 0 Å². The van der Waals surface area contributed by atoms with Gasteiger partial charge in [0, 0.05) is 19.1 Å². The number of aliphatic carboxylic acids is 1. The van der Waals surface area contributed by atoms with Crippen molar-refractivity contribution in [1.29, 1.82) is 0 Å². The van der Waals surface area contributed by atoms with Crippen LogP contribution in [0.4, 0.5) is 0 Å². The summed E-state index contributed by atoms with van der Waals surface area (Å²) in [4.78, 5) is 31.4. The Morgan fingerprint density at radius 3 is 2.31 bits per heavy atom. The molecule has 6 heteroatoms. The van der Waals surface area contributed by atoms with E-state index in [2.05, 4.69) is 0 Å². The van der Waals surface area contributed by atoms with Crippen molar-refractivity contribution in [2.75, 3.05) is 5.75 Å². The molecule has 0 aliphatic carbocycles. The van der Waals surface area contributed by atoms with Crippen molar-refractivity contribution >= 4 is 28.8 Å². The Hall–Kier alpha value is -1.04. The van der Waals surface area contributed by atoms with Gasteiger partial charge in [-0.3, -0.25) is 14.4 Å². The molecule has 1 unspecified atom stereocenters. The van der Waals surface area contributed by atoms with Gasteiger partial charge in [0.15, 0.2) is 5.12 Å². The fraction of sp³-hybridized carbons (Fsp3) is 0.571. The molecule has 0 radical (unpaired) electrons. The molecule has 0 aliphatic rings. The number of carbonyl (C=O) groups excluding carboxylic acids is 2. The van der Waals surface area contributed by atoms with Gasteiger partial charge in [-0.25, -0.2) is 0 Å². The molecular weight excluding hydrogens is 194 g/mol. The zero-order chi connectivity index (χ0) is 10.4. The number of carboxylic acid groups (broad SMARTS) is 1. The second-order valence-corrected chi connectivity index (χ2v) is 3.71. The van der Waals surface area contributed by atoms with E-state index in [4.69, 9.17) is 10.8 Å². The number of rotatable bonds is 5. The molecule has 5 nitrogen and oxygen atoms in total. The van der Waals surface area contributed by atoms with Gasteiger partial charge in [-0.15, -0.1) is 0 Å². The summed E-state index contributed by atoms with van der Waals surface area (Å²) in [6.07, 6.45) is -0.227. The predicted octanol–water partition coefficient (Wildman–Crippen LogP) is -0.158. The molecule has 0 aromatic rings. The molecule has 0 bridgehead atoms. The van der Waals surface area contributed by atoms with Crippen LogP contribution in [-0.2, 0) is 14.4 Å². The summed E-state index contributed by atoms with van der Waals surface area (Å²) in [5, 5.41) is 8.43. The van der Waals surface area contributed by atoms with Crippen LogP contribution in [0.5, 0.6) is 0 Å². The zero-order valence-electron chi connectivity index (χ0n) is 7.15. The molecule has 0 saturated carbocycles. The van der Waals surface area contributed by atoms with Crippen molar-refractivity contribution < 1.29 is 19.5 Å². The Kier molecular flexibility index (Phi) is 5.13. The number of carboxylic acids is 1. The standard InChI is InChI=1S/C7H11NO4S/c1-4(9)13-3-5(7(11)12)2-6(8)10/h5H,2-3H2,1H3,(H2,8,10)(H,11,12). The average Bonchev–Trinajstić information content (AvgIpc) is 1.96. The van der Waals surface area contributed by atoms with Crippen molar-refractivity contribution in [2.24, 2.45) is 11.7 Å². The molecule has 0 heterocycles. The summed E-state index contributed by atoms with van der Waals surface area (Å²) >= 11 is 0.882. The lowest BCUT2D eigenvalue weighted by Crippen LogP contribution is -2.24. The van der Waals surface area contributed by atoms with E-state index in [-0.39, 0.29) is 17.3 Å². The van der Waals surface area contributed by atoms with Gasteiger partial charge in [0.05, 0.1) is 5.92 Å². The van der Waals surface area contributed by atoms with Crippen molar-refractivity contribution in [3.8, 4) is 0 Å².